The molecule has 1 rings (SSSR count). The quantitative estimate of drug-likeness (QED) is 0.785. The van der Waals surface area contributed by atoms with E-state index in [0.717, 1.165) is 35.4 Å². The zero-order valence-corrected chi connectivity index (χ0v) is 14.4. The second-order valence-electron chi connectivity index (χ2n) is 5.41. The Morgan fingerprint density at radius 3 is 2.55 bits per heavy atom. The minimum Gasteiger partial charge on any atom is -0.369 e. The molecule has 1 aromatic heterocycles. The Morgan fingerprint density at radius 2 is 2.10 bits per heavy atom. The second kappa shape index (κ2) is 7.78. The van der Waals surface area contributed by atoms with E-state index < -0.39 is 0 Å². The van der Waals surface area contributed by atoms with Gasteiger partial charge in [0.2, 0.25) is 5.91 Å². The predicted molar refractivity (Wildman–Crippen MR) is 84.3 cm³/mol. The Kier molecular flexibility index (Phi) is 6.68. The van der Waals surface area contributed by atoms with Crippen molar-refractivity contribution in [2.45, 2.75) is 47.2 Å². The van der Waals surface area contributed by atoms with Gasteiger partial charge in [-0.3, -0.25) is 14.4 Å². The molecule has 114 valence electrons. The molecule has 1 amide bonds. The van der Waals surface area contributed by atoms with Crippen LogP contribution in [0.5, 0.6) is 0 Å². The van der Waals surface area contributed by atoms with Crippen molar-refractivity contribution < 1.29 is 4.79 Å². The van der Waals surface area contributed by atoms with Crippen LogP contribution in [0, 0.1) is 5.92 Å². The summed E-state index contributed by atoms with van der Waals surface area (Å²) in [6.07, 6.45) is 0.889. The molecule has 0 unspecified atom stereocenters. The third kappa shape index (κ3) is 4.59. The van der Waals surface area contributed by atoms with Crippen molar-refractivity contribution in [3.63, 3.8) is 0 Å². The standard InChI is InChI=1S/C14H25BrN4O/c1-5-11-14(15)12(19(6-2)17-11)8-18(7-10(3)4)9-13(16)20/h10H,5-9H2,1-4H3,(H2,16,20). The smallest absolute Gasteiger partial charge is 0.231 e. The van der Waals surface area contributed by atoms with Gasteiger partial charge in [0.1, 0.15) is 0 Å². The normalized spacial score (nSPS) is 11.6. The van der Waals surface area contributed by atoms with E-state index in [1.54, 1.807) is 0 Å². The first-order chi connectivity index (χ1) is 9.38. The summed E-state index contributed by atoms with van der Waals surface area (Å²) in [6, 6.07) is 0. The Hall–Kier alpha value is -0.880. The second-order valence-corrected chi connectivity index (χ2v) is 6.20. The van der Waals surface area contributed by atoms with Gasteiger partial charge in [0.15, 0.2) is 0 Å². The highest BCUT2D eigenvalue weighted by Gasteiger charge is 2.18. The van der Waals surface area contributed by atoms with Crippen LogP contribution in [0.25, 0.3) is 0 Å². The number of primary amides is 1. The molecule has 0 saturated heterocycles. The lowest BCUT2D eigenvalue weighted by Gasteiger charge is -2.23. The minimum absolute atomic E-state index is 0.279. The van der Waals surface area contributed by atoms with Gasteiger partial charge in [-0.1, -0.05) is 20.8 Å². The van der Waals surface area contributed by atoms with E-state index in [4.69, 9.17) is 5.73 Å². The summed E-state index contributed by atoms with van der Waals surface area (Å²) in [6.45, 7) is 11.1. The van der Waals surface area contributed by atoms with E-state index in [1.165, 1.54) is 0 Å². The molecule has 6 heteroatoms. The SMILES string of the molecule is CCc1nn(CC)c(CN(CC(N)=O)CC(C)C)c1Br. The Balaban J connectivity index is 2.97. The van der Waals surface area contributed by atoms with Crippen LogP contribution in [0.15, 0.2) is 4.47 Å². The average molecular weight is 345 g/mol. The molecule has 0 aliphatic rings. The first-order valence-electron chi connectivity index (χ1n) is 7.13. The van der Waals surface area contributed by atoms with Crippen molar-refractivity contribution >= 4 is 21.8 Å². The van der Waals surface area contributed by atoms with E-state index in [9.17, 15) is 4.79 Å². The van der Waals surface area contributed by atoms with Gasteiger partial charge in [-0.25, -0.2) is 0 Å². The highest BCUT2D eigenvalue weighted by Crippen LogP contribution is 2.24. The molecule has 0 aromatic carbocycles. The van der Waals surface area contributed by atoms with E-state index in [-0.39, 0.29) is 12.5 Å². The van der Waals surface area contributed by atoms with Crippen molar-refractivity contribution in [1.82, 2.24) is 14.7 Å². The van der Waals surface area contributed by atoms with Crippen LogP contribution in [0.4, 0.5) is 0 Å². The van der Waals surface area contributed by atoms with Gasteiger partial charge in [-0.15, -0.1) is 0 Å². The summed E-state index contributed by atoms with van der Waals surface area (Å²) in [4.78, 5) is 13.3. The molecule has 0 radical (unpaired) electrons. The number of amides is 1. The fraction of sp³-hybridized carbons (Fsp3) is 0.714. The highest BCUT2D eigenvalue weighted by molar-refractivity contribution is 9.10. The van der Waals surface area contributed by atoms with E-state index in [0.29, 0.717) is 12.5 Å². The summed E-state index contributed by atoms with van der Waals surface area (Å²) in [7, 11) is 0. The fourth-order valence-electron chi connectivity index (χ4n) is 2.30. The number of aromatic nitrogens is 2. The Morgan fingerprint density at radius 1 is 1.45 bits per heavy atom. The third-order valence-electron chi connectivity index (χ3n) is 3.07. The van der Waals surface area contributed by atoms with Crippen LogP contribution < -0.4 is 5.73 Å². The van der Waals surface area contributed by atoms with Crippen molar-refractivity contribution in [1.29, 1.82) is 0 Å². The summed E-state index contributed by atoms with van der Waals surface area (Å²) in [5, 5.41) is 4.59. The van der Waals surface area contributed by atoms with Gasteiger partial charge in [0.05, 0.1) is 22.4 Å². The monoisotopic (exact) mass is 344 g/mol. The summed E-state index contributed by atoms with van der Waals surface area (Å²) >= 11 is 3.64. The molecule has 20 heavy (non-hydrogen) atoms. The number of rotatable bonds is 8. The molecule has 0 bridgehead atoms. The molecule has 2 N–H and O–H groups in total. The Bertz CT molecular complexity index is 456. The van der Waals surface area contributed by atoms with Gasteiger partial charge < -0.3 is 5.73 Å². The van der Waals surface area contributed by atoms with Gasteiger partial charge in [-0.05, 0) is 35.2 Å². The zero-order chi connectivity index (χ0) is 15.3. The number of nitrogens with zero attached hydrogens (tertiary/aromatic N) is 3. The summed E-state index contributed by atoms with van der Waals surface area (Å²) in [5.41, 5.74) is 7.53. The largest absolute Gasteiger partial charge is 0.369 e. The predicted octanol–water partition coefficient (Wildman–Crippen LogP) is 2.17. The topological polar surface area (TPSA) is 64.2 Å². The maximum absolute atomic E-state index is 11.2. The van der Waals surface area contributed by atoms with E-state index in [2.05, 4.69) is 53.6 Å². The lowest BCUT2D eigenvalue weighted by molar-refractivity contribution is -0.119. The number of nitrogens with two attached hydrogens (primary N) is 1. The molecule has 0 spiro atoms. The van der Waals surface area contributed by atoms with Crippen LogP contribution in [0.2, 0.25) is 0 Å². The number of hydrogen-bond donors (Lipinski definition) is 1. The molecule has 0 atom stereocenters. The van der Waals surface area contributed by atoms with Crippen molar-refractivity contribution in [3.8, 4) is 0 Å². The van der Waals surface area contributed by atoms with Crippen molar-refractivity contribution in [2.75, 3.05) is 13.1 Å². The third-order valence-corrected chi connectivity index (χ3v) is 3.99. The van der Waals surface area contributed by atoms with Crippen molar-refractivity contribution in [2.24, 2.45) is 11.7 Å². The Labute approximate surface area is 129 Å². The molecule has 0 fully saturated rings. The van der Waals surface area contributed by atoms with Crippen molar-refractivity contribution in [3.05, 3.63) is 15.9 Å². The molecular weight excluding hydrogens is 320 g/mol. The number of halogens is 1. The molecular formula is C14H25BrN4O. The lowest BCUT2D eigenvalue weighted by Crippen LogP contribution is -2.36. The van der Waals surface area contributed by atoms with Crippen LogP contribution in [0.1, 0.15) is 39.1 Å². The fourth-order valence-corrected chi connectivity index (χ4v) is 2.99. The molecule has 0 saturated carbocycles. The molecule has 0 aliphatic heterocycles. The number of hydrogen-bond acceptors (Lipinski definition) is 3. The maximum Gasteiger partial charge on any atom is 0.231 e. The molecule has 1 heterocycles. The van der Waals surface area contributed by atoms with E-state index in [1.807, 2.05) is 4.68 Å². The van der Waals surface area contributed by atoms with Gasteiger partial charge in [0, 0.05) is 19.6 Å². The number of carbonyl (C=O) groups excluding carboxylic acids is 1. The van der Waals surface area contributed by atoms with Crippen LogP contribution in [0.3, 0.4) is 0 Å². The minimum atomic E-state index is -0.292. The number of aryl methyl sites for hydroxylation is 2. The summed E-state index contributed by atoms with van der Waals surface area (Å²) in [5.74, 6) is 0.192. The average Bonchev–Trinajstić information content (AvgIpc) is 2.64. The molecule has 0 aliphatic carbocycles. The highest BCUT2D eigenvalue weighted by atomic mass is 79.9. The van der Waals surface area contributed by atoms with Gasteiger partial charge in [0.25, 0.3) is 0 Å². The molecule has 5 nitrogen and oxygen atoms in total. The number of carbonyl (C=O) groups is 1. The van der Waals surface area contributed by atoms with Gasteiger partial charge in [-0.2, -0.15) is 5.10 Å². The molecule has 1 aromatic rings. The van der Waals surface area contributed by atoms with Crippen LogP contribution in [-0.4, -0.2) is 33.7 Å². The van der Waals surface area contributed by atoms with E-state index >= 15 is 0 Å². The van der Waals surface area contributed by atoms with Crippen LogP contribution >= 0.6 is 15.9 Å². The summed E-state index contributed by atoms with van der Waals surface area (Å²) < 4.78 is 3.05. The van der Waals surface area contributed by atoms with Gasteiger partial charge >= 0.3 is 0 Å². The first-order valence-corrected chi connectivity index (χ1v) is 7.92. The van der Waals surface area contributed by atoms with Crippen LogP contribution in [-0.2, 0) is 24.3 Å². The first kappa shape index (κ1) is 17.2. The maximum atomic E-state index is 11.2. The zero-order valence-electron chi connectivity index (χ0n) is 12.8. The lowest BCUT2D eigenvalue weighted by atomic mass is 10.2.